The van der Waals surface area contributed by atoms with E-state index < -0.39 is 17.5 Å². The van der Waals surface area contributed by atoms with Gasteiger partial charge in [-0.3, -0.25) is 4.79 Å². The SMILES string of the molecule is O=C(CSc1nc2cc(C(F)(F)F)ccc2n1Cc1ccccc1)c1ccc(O)cc1O. The molecule has 1 heterocycles. The van der Waals surface area contributed by atoms with E-state index in [-0.39, 0.29) is 28.3 Å². The van der Waals surface area contributed by atoms with Gasteiger partial charge in [-0.25, -0.2) is 4.98 Å². The molecule has 0 aliphatic carbocycles. The van der Waals surface area contributed by atoms with Crippen LogP contribution < -0.4 is 0 Å². The zero-order valence-corrected chi connectivity index (χ0v) is 17.3. The van der Waals surface area contributed by atoms with Crippen LogP contribution in [0.25, 0.3) is 11.0 Å². The number of Topliss-reactive ketones (excluding diaryl/α,β-unsaturated/α-hetero) is 1. The Morgan fingerprint density at radius 2 is 1.75 bits per heavy atom. The van der Waals surface area contributed by atoms with Crippen LogP contribution in [0.4, 0.5) is 13.2 Å². The fourth-order valence-electron chi connectivity index (χ4n) is 3.28. The number of halogens is 3. The number of aromatic nitrogens is 2. The molecule has 0 fully saturated rings. The molecule has 5 nitrogen and oxygen atoms in total. The van der Waals surface area contributed by atoms with Crippen molar-refractivity contribution in [1.29, 1.82) is 0 Å². The molecule has 0 unspecified atom stereocenters. The highest BCUT2D eigenvalue weighted by Gasteiger charge is 2.31. The molecule has 0 radical (unpaired) electrons. The Morgan fingerprint density at radius 3 is 2.44 bits per heavy atom. The molecule has 32 heavy (non-hydrogen) atoms. The largest absolute Gasteiger partial charge is 0.508 e. The lowest BCUT2D eigenvalue weighted by atomic mass is 10.1. The van der Waals surface area contributed by atoms with Crippen molar-refractivity contribution in [3.8, 4) is 11.5 Å². The standard InChI is InChI=1S/C23H17F3N2O3S/c24-23(25,26)15-6-9-19-18(10-15)27-22(28(19)12-14-4-2-1-3-5-14)32-13-21(31)17-8-7-16(29)11-20(17)30/h1-11,29-30H,12-13H2. The van der Waals surface area contributed by atoms with Crippen LogP contribution in [0.1, 0.15) is 21.5 Å². The maximum atomic E-state index is 13.2. The van der Waals surface area contributed by atoms with E-state index in [1.165, 1.54) is 18.2 Å². The molecule has 0 amide bonds. The molecule has 4 rings (SSSR count). The molecule has 0 saturated heterocycles. The number of hydrogen-bond donors (Lipinski definition) is 2. The summed E-state index contributed by atoms with van der Waals surface area (Å²) in [5, 5.41) is 19.7. The summed E-state index contributed by atoms with van der Waals surface area (Å²) in [6.07, 6.45) is -4.49. The second-order valence-electron chi connectivity index (χ2n) is 7.08. The molecule has 0 bridgehead atoms. The number of ketones is 1. The Bertz CT molecular complexity index is 1290. The van der Waals surface area contributed by atoms with Crippen molar-refractivity contribution in [3.63, 3.8) is 0 Å². The number of fused-ring (bicyclic) bond motifs is 1. The van der Waals surface area contributed by atoms with Crippen molar-refractivity contribution in [1.82, 2.24) is 9.55 Å². The lowest BCUT2D eigenvalue weighted by Crippen LogP contribution is -2.06. The summed E-state index contributed by atoms with van der Waals surface area (Å²) in [6.45, 7) is 0.365. The van der Waals surface area contributed by atoms with Gasteiger partial charge in [0.1, 0.15) is 11.5 Å². The normalized spacial score (nSPS) is 11.7. The first-order chi connectivity index (χ1) is 15.2. The lowest BCUT2D eigenvalue weighted by molar-refractivity contribution is -0.137. The molecule has 0 atom stereocenters. The van der Waals surface area contributed by atoms with Gasteiger partial charge in [-0.15, -0.1) is 0 Å². The fraction of sp³-hybridized carbons (Fsp3) is 0.130. The number of aromatic hydroxyl groups is 2. The highest BCUT2D eigenvalue weighted by Crippen LogP contribution is 2.33. The van der Waals surface area contributed by atoms with E-state index >= 15 is 0 Å². The zero-order valence-electron chi connectivity index (χ0n) is 16.5. The number of thioether (sulfide) groups is 1. The third kappa shape index (κ3) is 4.57. The zero-order chi connectivity index (χ0) is 22.9. The summed E-state index contributed by atoms with van der Waals surface area (Å²) in [5.74, 6) is -1.01. The predicted octanol–water partition coefficient (Wildman–Crippen LogP) is 5.49. The number of carbonyl (C=O) groups excluding carboxylic acids is 1. The number of alkyl halides is 3. The predicted molar refractivity (Wildman–Crippen MR) is 115 cm³/mol. The van der Waals surface area contributed by atoms with Crippen LogP contribution in [0.5, 0.6) is 11.5 Å². The van der Waals surface area contributed by atoms with Crippen LogP contribution in [-0.4, -0.2) is 31.3 Å². The summed E-state index contributed by atoms with van der Waals surface area (Å²) >= 11 is 1.07. The summed E-state index contributed by atoms with van der Waals surface area (Å²) in [7, 11) is 0. The van der Waals surface area contributed by atoms with Gasteiger partial charge >= 0.3 is 6.18 Å². The second kappa shape index (κ2) is 8.58. The minimum absolute atomic E-state index is 0.0420. The Labute approximate surface area is 185 Å². The van der Waals surface area contributed by atoms with E-state index in [2.05, 4.69) is 4.98 Å². The van der Waals surface area contributed by atoms with Crippen LogP contribution in [0.3, 0.4) is 0 Å². The minimum Gasteiger partial charge on any atom is -0.508 e. The molecule has 164 valence electrons. The number of rotatable bonds is 6. The van der Waals surface area contributed by atoms with Gasteiger partial charge in [0.15, 0.2) is 10.9 Å². The first-order valence-corrected chi connectivity index (χ1v) is 10.5. The number of nitrogens with zero attached hydrogens (tertiary/aromatic N) is 2. The van der Waals surface area contributed by atoms with Crippen LogP contribution >= 0.6 is 11.8 Å². The Kier molecular flexibility index (Phi) is 5.84. The molecular weight excluding hydrogens is 441 g/mol. The van der Waals surface area contributed by atoms with Crippen LogP contribution in [0.15, 0.2) is 71.9 Å². The highest BCUT2D eigenvalue weighted by molar-refractivity contribution is 7.99. The van der Waals surface area contributed by atoms with Gasteiger partial charge in [-0.2, -0.15) is 13.2 Å². The Balaban J connectivity index is 1.68. The number of phenolic OH excluding ortho intramolecular Hbond substituents is 2. The third-order valence-corrected chi connectivity index (χ3v) is 5.81. The average Bonchev–Trinajstić information content (AvgIpc) is 3.09. The van der Waals surface area contributed by atoms with E-state index in [1.54, 1.807) is 4.57 Å². The van der Waals surface area contributed by atoms with Crippen molar-refractivity contribution < 1.29 is 28.2 Å². The van der Waals surface area contributed by atoms with E-state index in [4.69, 9.17) is 0 Å². The molecule has 9 heteroatoms. The summed E-state index contributed by atoms with van der Waals surface area (Å²) in [4.78, 5) is 16.9. The first kappa shape index (κ1) is 21.8. The van der Waals surface area contributed by atoms with Gasteiger partial charge in [0.25, 0.3) is 0 Å². The summed E-state index contributed by atoms with van der Waals surface area (Å²) in [6, 6.07) is 16.4. The van der Waals surface area contributed by atoms with E-state index in [0.29, 0.717) is 17.2 Å². The lowest BCUT2D eigenvalue weighted by Gasteiger charge is -2.10. The maximum Gasteiger partial charge on any atom is 0.416 e. The van der Waals surface area contributed by atoms with Crippen molar-refractivity contribution in [2.75, 3.05) is 5.75 Å². The molecule has 0 aliphatic rings. The van der Waals surface area contributed by atoms with Crippen LogP contribution in [0.2, 0.25) is 0 Å². The van der Waals surface area contributed by atoms with Crippen molar-refractivity contribution >= 4 is 28.6 Å². The second-order valence-corrected chi connectivity index (χ2v) is 8.02. The fourth-order valence-corrected chi connectivity index (χ4v) is 4.17. The third-order valence-electron chi connectivity index (χ3n) is 4.84. The average molecular weight is 458 g/mol. The molecule has 2 N–H and O–H groups in total. The number of benzene rings is 3. The van der Waals surface area contributed by atoms with Gasteiger partial charge in [0, 0.05) is 6.07 Å². The van der Waals surface area contributed by atoms with Gasteiger partial charge < -0.3 is 14.8 Å². The topological polar surface area (TPSA) is 75.4 Å². The molecular formula is C23H17F3N2O3S. The van der Waals surface area contributed by atoms with E-state index in [1.807, 2.05) is 30.3 Å². The maximum absolute atomic E-state index is 13.2. The number of phenols is 2. The van der Waals surface area contributed by atoms with Gasteiger partial charge in [0.05, 0.1) is 34.5 Å². The minimum atomic E-state index is -4.49. The van der Waals surface area contributed by atoms with Crippen molar-refractivity contribution in [2.45, 2.75) is 17.9 Å². The van der Waals surface area contributed by atoms with E-state index in [9.17, 15) is 28.2 Å². The smallest absolute Gasteiger partial charge is 0.416 e. The quantitative estimate of drug-likeness (QED) is 0.295. The van der Waals surface area contributed by atoms with Crippen molar-refractivity contribution in [3.05, 3.63) is 83.4 Å². The van der Waals surface area contributed by atoms with Gasteiger partial charge in [0.2, 0.25) is 0 Å². The van der Waals surface area contributed by atoms with Crippen molar-refractivity contribution in [2.24, 2.45) is 0 Å². The van der Waals surface area contributed by atoms with Crippen LogP contribution in [-0.2, 0) is 12.7 Å². The molecule has 3 aromatic carbocycles. The summed E-state index contributed by atoms with van der Waals surface area (Å²) < 4.78 is 41.2. The van der Waals surface area contributed by atoms with Crippen LogP contribution in [0, 0.1) is 0 Å². The number of carbonyl (C=O) groups is 1. The molecule has 0 aliphatic heterocycles. The Morgan fingerprint density at radius 1 is 1.00 bits per heavy atom. The van der Waals surface area contributed by atoms with E-state index in [0.717, 1.165) is 35.5 Å². The number of hydrogen-bond acceptors (Lipinski definition) is 5. The highest BCUT2D eigenvalue weighted by atomic mass is 32.2. The van der Waals surface area contributed by atoms with Gasteiger partial charge in [-0.1, -0.05) is 42.1 Å². The molecule has 0 spiro atoms. The molecule has 1 aromatic heterocycles. The van der Waals surface area contributed by atoms with Gasteiger partial charge in [-0.05, 0) is 35.9 Å². The molecule has 0 saturated carbocycles. The first-order valence-electron chi connectivity index (χ1n) is 9.52. The Hall–Kier alpha value is -3.46. The monoisotopic (exact) mass is 458 g/mol. The summed E-state index contributed by atoms with van der Waals surface area (Å²) in [5.41, 5.74) is 0.870. The molecule has 4 aromatic rings. The number of imidazole rings is 1.